The molecule has 154 valence electrons. The summed E-state index contributed by atoms with van der Waals surface area (Å²) in [6.07, 6.45) is 4.28. The second-order valence-electron chi connectivity index (χ2n) is 8.87. The van der Waals surface area contributed by atoms with Gasteiger partial charge in [-0.15, -0.1) is 0 Å². The summed E-state index contributed by atoms with van der Waals surface area (Å²) in [4.78, 5) is 14.8. The van der Waals surface area contributed by atoms with E-state index in [1.165, 1.54) is 0 Å². The number of likely N-dealkylation sites (tertiary alicyclic amines) is 1. The fraction of sp³-hybridized carbons (Fsp3) is 0.682. The van der Waals surface area contributed by atoms with E-state index in [1.54, 1.807) is 0 Å². The van der Waals surface area contributed by atoms with Gasteiger partial charge in [0.05, 0.1) is 6.61 Å². The van der Waals surface area contributed by atoms with E-state index in [9.17, 15) is 4.79 Å². The van der Waals surface area contributed by atoms with Crippen molar-refractivity contribution < 1.29 is 19.0 Å². The molecular weight excluding hydrogens is 356 g/mol. The molecule has 1 amide bonds. The van der Waals surface area contributed by atoms with Gasteiger partial charge in [0.25, 0.3) is 5.91 Å². The van der Waals surface area contributed by atoms with Gasteiger partial charge in [0.1, 0.15) is 5.60 Å². The van der Waals surface area contributed by atoms with E-state index in [1.807, 2.05) is 12.1 Å². The van der Waals surface area contributed by atoms with Gasteiger partial charge in [0, 0.05) is 31.2 Å². The number of rotatable bonds is 6. The van der Waals surface area contributed by atoms with Gasteiger partial charge >= 0.3 is 0 Å². The predicted octanol–water partition coefficient (Wildman–Crippen LogP) is 2.40. The maximum absolute atomic E-state index is 12.3. The molecule has 1 aromatic carbocycles. The number of hydrogen-bond donors (Lipinski definition) is 1. The van der Waals surface area contributed by atoms with Gasteiger partial charge in [-0.25, -0.2) is 0 Å². The lowest BCUT2D eigenvalue weighted by molar-refractivity contribution is -0.123. The number of para-hydroxylation sites is 1. The summed E-state index contributed by atoms with van der Waals surface area (Å²) in [5, 5.41) is 3.04. The summed E-state index contributed by atoms with van der Waals surface area (Å²) < 4.78 is 17.3. The minimum absolute atomic E-state index is 0.0263. The molecule has 3 heterocycles. The molecule has 3 aliphatic heterocycles. The lowest BCUT2D eigenvalue weighted by Crippen LogP contribution is -2.44. The Morgan fingerprint density at radius 1 is 1.29 bits per heavy atom. The molecule has 4 rings (SSSR count). The first-order valence-electron chi connectivity index (χ1n) is 10.5. The highest BCUT2D eigenvalue weighted by atomic mass is 16.5. The fourth-order valence-electron chi connectivity index (χ4n) is 4.49. The molecule has 0 unspecified atom stereocenters. The molecular formula is C22H32N2O4. The predicted molar refractivity (Wildman–Crippen MR) is 107 cm³/mol. The van der Waals surface area contributed by atoms with E-state index < -0.39 is 0 Å². The molecule has 0 aromatic heterocycles. The quantitative estimate of drug-likeness (QED) is 0.811. The number of piperidine rings is 1. The van der Waals surface area contributed by atoms with Crippen molar-refractivity contribution >= 4 is 5.91 Å². The number of carbonyl (C=O) groups is 1. The number of hydrogen-bond acceptors (Lipinski definition) is 5. The van der Waals surface area contributed by atoms with Gasteiger partial charge < -0.3 is 19.5 Å². The first kappa shape index (κ1) is 19.5. The number of ether oxygens (including phenoxy) is 3. The van der Waals surface area contributed by atoms with Gasteiger partial charge in [0.15, 0.2) is 18.1 Å². The molecule has 1 atom stereocenters. The Labute approximate surface area is 167 Å². The van der Waals surface area contributed by atoms with E-state index in [2.05, 4.69) is 30.1 Å². The summed E-state index contributed by atoms with van der Waals surface area (Å²) in [7, 11) is 0. The van der Waals surface area contributed by atoms with Gasteiger partial charge in [-0.05, 0) is 58.2 Å². The highest BCUT2D eigenvalue weighted by Gasteiger charge is 2.32. The Morgan fingerprint density at radius 3 is 2.86 bits per heavy atom. The average molecular weight is 389 g/mol. The Bertz CT molecular complexity index is 692. The molecule has 2 saturated heterocycles. The lowest BCUT2D eigenvalue weighted by atomic mass is 9.95. The first-order valence-corrected chi connectivity index (χ1v) is 10.5. The van der Waals surface area contributed by atoms with Crippen LogP contribution in [0.2, 0.25) is 0 Å². The zero-order valence-electron chi connectivity index (χ0n) is 17.0. The number of amides is 1. The minimum atomic E-state index is -0.219. The molecule has 0 spiro atoms. The van der Waals surface area contributed by atoms with Gasteiger partial charge in [-0.1, -0.05) is 12.1 Å². The average Bonchev–Trinajstić information content (AvgIpc) is 3.31. The van der Waals surface area contributed by atoms with E-state index >= 15 is 0 Å². The maximum Gasteiger partial charge on any atom is 0.257 e. The highest BCUT2D eigenvalue weighted by Crippen LogP contribution is 2.41. The molecule has 3 aliphatic rings. The second kappa shape index (κ2) is 8.29. The zero-order chi connectivity index (χ0) is 19.6. The van der Waals surface area contributed by atoms with Crippen LogP contribution in [0.1, 0.15) is 38.7 Å². The van der Waals surface area contributed by atoms with Gasteiger partial charge in [-0.2, -0.15) is 0 Å². The summed E-state index contributed by atoms with van der Waals surface area (Å²) >= 11 is 0. The van der Waals surface area contributed by atoms with Crippen LogP contribution in [-0.2, 0) is 16.0 Å². The minimum Gasteiger partial charge on any atom is -0.483 e. The van der Waals surface area contributed by atoms with Crippen LogP contribution in [0.3, 0.4) is 0 Å². The summed E-state index contributed by atoms with van der Waals surface area (Å²) in [6, 6.07) is 6.49. The van der Waals surface area contributed by atoms with Crippen LogP contribution < -0.4 is 14.8 Å². The summed E-state index contributed by atoms with van der Waals surface area (Å²) in [6.45, 7) is 8.87. The van der Waals surface area contributed by atoms with Crippen molar-refractivity contribution in [2.75, 3.05) is 39.5 Å². The van der Waals surface area contributed by atoms with Crippen LogP contribution in [0.4, 0.5) is 0 Å². The van der Waals surface area contributed by atoms with Crippen molar-refractivity contribution in [1.29, 1.82) is 0 Å². The van der Waals surface area contributed by atoms with Crippen LogP contribution >= 0.6 is 0 Å². The Balaban J connectivity index is 1.19. The summed E-state index contributed by atoms with van der Waals surface area (Å²) in [5.41, 5.74) is 0.922. The van der Waals surface area contributed by atoms with Crippen molar-refractivity contribution in [3.8, 4) is 11.5 Å². The summed E-state index contributed by atoms with van der Waals surface area (Å²) in [5.74, 6) is 1.92. The number of nitrogens with one attached hydrogen (secondary N) is 1. The van der Waals surface area contributed by atoms with Crippen LogP contribution in [0.5, 0.6) is 11.5 Å². The van der Waals surface area contributed by atoms with Crippen molar-refractivity contribution in [1.82, 2.24) is 10.2 Å². The third-order valence-corrected chi connectivity index (χ3v) is 6.07. The lowest BCUT2D eigenvalue weighted by Gasteiger charge is -2.35. The van der Waals surface area contributed by atoms with Crippen molar-refractivity contribution in [3.63, 3.8) is 0 Å². The molecule has 1 aromatic rings. The van der Waals surface area contributed by atoms with Crippen molar-refractivity contribution in [2.45, 2.75) is 51.2 Å². The SMILES string of the molecule is CC1(C)Cc2cccc(OCC(=O)NCC3CCN([C@@H]4CCOC4)CC3)c2O1. The molecule has 6 nitrogen and oxygen atoms in total. The van der Waals surface area contributed by atoms with Crippen LogP contribution in [0.15, 0.2) is 18.2 Å². The molecule has 2 fully saturated rings. The molecule has 0 aliphatic carbocycles. The zero-order valence-corrected chi connectivity index (χ0v) is 17.0. The first-order chi connectivity index (χ1) is 13.5. The number of fused-ring (bicyclic) bond motifs is 1. The Morgan fingerprint density at radius 2 is 2.11 bits per heavy atom. The molecule has 6 heteroatoms. The monoisotopic (exact) mass is 388 g/mol. The second-order valence-corrected chi connectivity index (χ2v) is 8.87. The topological polar surface area (TPSA) is 60.0 Å². The highest BCUT2D eigenvalue weighted by molar-refractivity contribution is 5.77. The third kappa shape index (κ3) is 4.61. The number of benzene rings is 1. The van der Waals surface area contributed by atoms with Crippen molar-refractivity contribution in [3.05, 3.63) is 23.8 Å². The molecule has 0 bridgehead atoms. The smallest absolute Gasteiger partial charge is 0.257 e. The van der Waals surface area contributed by atoms with E-state index in [0.717, 1.165) is 69.8 Å². The Kier molecular flexibility index (Phi) is 5.78. The van der Waals surface area contributed by atoms with E-state index in [4.69, 9.17) is 14.2 Å². The largest absolute Gasteiger partial charge is 0.483 e. The normalized spacial score (nSPS) is 24.6. The maximum atomic E-state index is 12.3. The number of carbonyl (C=O) groups excluding carboxylic acids is 1. The molecule has 1 N–H and O–H groups in total. The van der Waals surface area contributed by atoms with Gasteiger partial charge in [0.2, 0.25) is 0 Å². The van der Waals surface area contributed by atoms with Crippen molar-refractivity contribution in [2.24, 2.45) is 5.92 Å². The Hall–Kier alpha value is -1.79. The van der Waals surface area contributed by atoms with E-state index in [-0.39, 0.29) is 18.1 Å². The third-order valence-electron chi connectivity index (χ3n) is 6.07. The fourth-order valence-corrected chi connectivity index (χ4v) is 4.49. The molecule has 0 saturated carbocycles. The molecule has 28 heavy (non-hydrogen) atoms. The van der Waals surface area contributed by atoms with Gasteiger partial charge in [-0.3, -0.25) is 9.69 Å². The van der Waals surface area contributed by atoms with E-state index in [0.29, 0.717) is 17.7 Å². The standard InChI is InChI=1S/C22H32N2O4/c1-22(2)12-17-4-3-5-19(21(17)28-22)27-15-20(25)23-13-16-6-9-24(10-7-16)18-8-11-26-14-18/h3-5,16,18H,6-15H2,1-2H3,(H,23,25)/t18-/m1/s1. The van der Waals surface area contributed by atoms with Crippen LogP contribution in [-0.4, -0.2) is 61.9 Å². The number of nitrogens with zero attached hydrogens (tertiary/aromatic N) is 1. The van der Waals surface area contributed by atoms with Crippen LogP contribution in [0.25, 0.3) is 0 Å². The molecule has 0 radical (unpaired) electrons. The van der Waals surface area contributed by atoms with Crippen LogP contribution in [0, 0.1) is 5.92 Å².